The molecule has 3 rings (SSSR count). The SMILES string of the molecule is CC(C)(C)OC(=O)N1CCC(Nc2cccc3c2cc(I)n3CC(F)(F)F)[C@@H](O)C1. The molecule has 10 heteroatoms. The number of fused-ring (bicyclic) bond motifs is 1. The molecule has 1 aromatic heterocycles. The van der Waals surface area contributed by atoms with Gasteiger partial charge in [0, 0.05) is 17.6 Å². The van der Waals surface area contributed by atoms with Gasteiger partial charge in [-0.25, -0.2) is 4.79 Å². The molecule has 2 aromatic rings. The van der Waals surface area contributed by atoms with Crippen LogP contribution in [0.2, 0.25) is 0 Å². The first-order valence-electron chi connectivity index (χ1n) is 9.61. The van der Waals surface area contributed by atoms with Crippen molar-refractivity contribution in [1.82, 2.24) is 9.47 Å². The number of aliphatic hydroxyl groups excluding tert-OH is 1. The van der Waals surface area contributed by atoms with Gasteiger partial charge in [-0.1, -0.05) is 6.07 Å². The number of amides is 1. The number of alkyl halides is 3. The summed E-state index contributed by atoms with van der Waals surface area (Å²) in [6.45, 7) is 4.81. The number of hydrogen-bond acceptors (Lipinski definition) is 4. The Bertz CT molecular complexity index is 924. The summed E-state index contributed by atoms with van der Waals surface area (Å²) in [7, 11) is 0. The van der Waals surface area contributed by atoms with Gasteiger partial charge in [0.05, 0.1) is 27.9 Å². The number of anilines is 1. The molecule has 1 aliphatic rings. The van der Waals surface area contributed by atoms with Gasteiger partial charge in [0.1, 0.15) is 12.1 Å². The molecular formula is C20H25F3IN3O3. The van der Waals surface area contributed by atoms with Crippen molar-refractivity contribution in [3.8, 4) is 0 Å². The van der Waals surface area contributed by atoms with Crippen LogP contribution in [-0.4, -0.2) is 57.7 Å². The molecule has 0 bridgehead atoms. The molecule has 1 saturated heterocycles. The van der Waals surface area contributed by atoms with Gasteiger partial charge in [0.25, 0.3) is 0 Å². The molecule has 30 heavy (non-hydrogen) atoms. The van der Waals surface area contributed by atoms with Crippen molar-refractivity contribution in [2.45, 2.75) is 57.7 Å². The maximum atomic E-state index is 12.9. The van der Waals surface area contributed by atoms with Crippen LogP contribution in [0.3, 0.4) is 0 Å². The first kappa shape index (κ1) is 23.0. The number of hydrogen-bond donors (Lipinski definition) is 2. The minimum atomic E-state index is -4.32. The number of likely N-dealkylation sites (tertiary alicyclic amines) is 1. The highest BCUT2D eigenvalue weighted by atomic mass is 127. The Kier molecular flexibility index (Phi) is 6.47. The largest absolute Gasteiger partial charge is 0.444 e. The van der Waals surface area contributed by atoms with Crippen molar-refractivity contribution in [1.29, 1.82) is 0 Å². The van der Waals surface area contributed by atoms with Gasteiger partial charge in [0.15, 0.2) is 0 Å². The number of carbonyl (C=O) groups excluding carboxylic acids is 1. The number of nitrogens with zero attached hydrogens (tertiary/aromatic N) is 2. The topological polar surface area (TPSA) is 66.7 Å². The number of benzene rings is 1. The van der Waals surface area contributed by atoms with Crippen LogP contribution in [-0.2, 0) is 11.3 Å². The number of carbonyl (C=O) groups is 1. The lowest BCUT2D eigenvalue weighted by molar-refractivity contribution is -0.140. The minimum Gasteiger partial charge on any atom is -0.444 e. The number of piperidine rings is 1. The second kappa shape index (κ2) is 8.45. The average Bonchev–Trinajstić information content (AvgIpc) is 2.90. The second-order valence-electron chi connectivity index (χ2n) is 8.44. The standard InChI is InChI=1S/C20H25F3IN3O3/c1-19(2,3)30-18(29)26-8-7-14(16(28)10-26)25-13-5-4-6-15-12(13)9-17(24)27(15)11-20(21,22)23/h4-6,9,14,16,25,28H,7-8,10-11H2,1-3H3/t14?,16-/m0/s1. The summed E-state index contributed by atoms with van der Waals surface area (Å²) in [6, 6.07) is 6.49. The van der Waals surface area contributed by atoms with Crippen LogP contribution in [0.1, 0.15) is 27.2 Å². The zero-order valence-corrected chi connectivity index (χ0v) is 19.1. The third-order valence-electron chi connectivity index (χ3n) is 4.81. The molecule has 2 heterocycles. The molecule has 2 N–H and O–H groups in total. The van der Waals surface area contributed by atoms with Crippen molar-refractivity contribution >= 4 is 45.3 Å². The van der Waals surface area contributed by atoms with E-state index in [2.05, 4.69) is 5.32 Å². The fourth-order valence-corrected chi connectivity index (χ4v) is 4.25. The number of nitrogens with one attached hydrogen (secondary N) is 1. The summed E-state index contributed by atoms with van der Waals surface area (Å²) in [5, 5.41) is 14.5. The zero-order valence-electron chi connectivity index (χ0n) is 17.0. The van der Waals surface area contributed by atoms with E-state index < -0.39 is 30.5 Å². The van der Waals surface area contributed by atoms with Gasteiger partial charge in [-0.2, -0.15) is 13.2 Å². The van der Waals surface area contributed by atoms with E-state index in [9.17, 15) is 23.1 Å². The monoisotopic (exact) mass is 539 g/mol. The maximum absolute atomic E-state index is 12.9. The van der Waals surface area contributed by atoms with Gasteiger partial charge in [-0.3, -0.25) is 0 Å². The number of rotatable bonds is 3. The predicted molar refractivity (Wildman–Crippen MR) is 117 cm³/mol. The van der Waals surface area contributed by atoms with Gasteiger partial charge >= 0.3 is 12.3 Å². The van der Waals surface area contributed by atoms with Crippen LogP contribution in [0.5, 0.6) is 0 Å². The Morgan fingerprint density at radius 3 is 2.63 bits per heavy atom. The molecule has 1 aliphatic heterocycles. The highest BCUT2D eigenvalue weighted by molar-refractivity contribution is 14.1. The van der Waals surface area contributed by atoms with E-state index in [-0.39, 0.29) is 12.6 Å². The summed E-state index contributed by atoms with van der Waals surface area (Å²) in [6.07, 6.45) is -5.14. The number of halogens is 4. The molecule has 6 nitrogen and oxygen atoms in total. The second-order valence-corrected chi connectivity index (χ2v) is 9.55. The van der Waals surface area contributed by atoms with Gasteiger partial charge in [-0.15, -0.1) is 0 Å². The van der Waals surface area contributed by atoms with E-state index in [0.717, 1.165) is 0 Å². The summed E-state index contributed by atoms with van der Waals surface area (Å²) < 4.78 is 45.9. The Morgan fingerprint density at radius 2 is 2.03 bits per heavy atom. The minimum absolute atomic E-state index is 0.120. The van der Waals surface area contributed by atoms with E-state index >= 15 is 0 Å². The molecule has 1 fully saturated rings. The summed E-state index contributed by atoms with van der Waals surface area (Å²) in [5.74, 6) is 0. The fourth-order valence-electron chi connectivity index (χ4n) is 3.51. The van der Waals surface area contributed by atoms with Crippen molar-refractivity contribution in [2.75, 3.05) is 18.4 Å². The molecular weight excluding hydrogens is 514 g/mol. The van der Waals surface area contributed by atoms with Crippen LogP contribution < -0.4 is 5.32 Å². The van der Waals surface area contributed by atoms with E-state index in [0.29, 0.717) is 33.3 Å². The third-order valence-corrected chi connectivity index (χ3v) is 5.70. The van der Waals surface area contributed by atoms with E-state index in [4.69, 9.17) is 4.74 Å². The van der Waals surface area contributed by atoms with Gasteiger partial charge in [0.2, 0.25) is 0 Å². The maximum Gasteiger partial charge on any atom is 0.410 e. The molecule has 0 radical (unpaired) electrons. The Labute approximate surface area is 186 Å². The molecule has 0 aliphatic carbocycles. The molecule has 2 atom stereocenters. The average molecular weight is 539 g/mol. The number of ether oxygens (including phenoxy) is 1. The van der Waals surface area contributed by atoms with E-state index in [1.54, 1.807) is 45.0 Å². The highest BCUT2D eigenvalue weighted by Gasteiger charge is 2.33. The smallest absolute Gasteiger partial charge is 0.410 e. The van der Waals surface area contributed by atoms with Crippen molar-refractivity contribution in [3.05, 3.63) is 28.0 Å². The Morgan fingerprint density at radius 1 is 1.33 bits per heavy atom. The van der Waals surface area contributed by atoms with E-state index in [1.807, 2.05) is 22.6 Å². The van der Waals surface area contributed by atoms with Crippen LogP contribution >= 0.6 is 22.6 Å². The Hall–Kier alpha value is -1.69. The molecule has 0 spiro atoms. The zero-order chi connectivity index (χ0) is 22.3. The van der Waals surface area contributed by atoms with E-state index in [1.165, 1.54) is 9.47 Å². The lowest BCUT2D eigenvalue weighted by Gasteiger charge is -2.37. The predicted octanol–water partition coefficient (Wildman–Crippen LogP) is 4.59. The first-order chi connectivity index (χ1) is 13.8. The molecule has 1 amide bonds. The van der Waals surface area contributed by atoms with Crippen LogP contribution in [0.4, 0.5) is 23.7 Å². The van der Waals surface area contributed by atoms with Crippen molar-refractivity contribution in [3.63, 3.8) is 0 Å². The highest BCUT2D eigenvalue weighted by Crippen LogP contribution is 2.32. The molecule has 1 aromatic carbocycles. The molecule has 166 valence electrons. The fraction of sp³-hybridized carbons (Fsp3) is 0.550. The van der Waals surface area contributed by atoms with Crippen molar-refractivity contribution in [2.24, 2.45) is 0 Å². The summed E-state index contributed by atoms with van der Waals surface area (Å²) in [5.41, 5.74) is 0.511. The number of aromatic nitrogens is 1. The van der Waals surface area contributed by atoms with Crippen LogP contribution in [0.25, 0.3) is 10.9 Å². The molecule has 1 unspecified atom stereocenters. The van der Waals surface area contributed by atoms with Crippen molar-refractivity contribution < 1.29 is 27.8 Å². The number of aliphatic hydroxyl groups is 1. The normalized spacial score (nSPS) is 20.5. The number of β-amino-alcohol motifs (C(OH)–C–C–N with tert-alkyl or cyclic N) is 1. The lowest BCUT2D eigenvalue weighted by atomic mass is 10.0. The quantitative estimate of drug-likeness (QED) is 0.561. The van der Waals surface area contributed by atoms with Crippen LogP contribution in [0, 0.1) is 3.70 Å². The van der Waals surface area contributed by atoms with Gasteiger partial charge < -0.3 is 24.6 Å². The van der Waals surface area contributed by atoms with Gasteiger partial charge in [-0.05, 0) is 68.0 Å². The van der Waals surface area contributed by atoms with Crippen LogP contribution in [0.15, 0.2) is 24.3 Å². The third kappa shape index (κ3) is 5.51. The Balaban J connectivity index is 1.74. The summed E-state index contributed by atoms with van der Waals surface area (Å²) in [4.78, 5) is 13.7. The molecule has 0 saturated carbocycles. The first-order valence-corrected chi connectivity index (χ1v) is 10.7. The lowest BCUT2D eigenvalue weighted by Crippen LogP contribution is -2.52. The summed E-state index contributed by atoms with van der Waals surface area (Å²) >= 11 is 1.89.